The van der Waals surface area contributed by atoms with E-state index in [0.29, 0.717) is 41.1 Å². The maximum absolute atomic E-state index is 13.9. The topological polar surface area (TPSA) is 154 Å². The van der Waals surface area contributed by atoms with E-state index in [1.54, 1.807) is 24.3 Å². The van der Waals surface area contributed by atoms with Crippen molar-refractivity contribution in [1.82, 2.24) is 20.2 Å². The zero-order chi connectivity index (χ0) is 36.1. The van der Waals surface area contributed by atoms with E-state index in [2.05, 4.69) is 38.4 Å². The highest BCUT2D eigenvalue weighted by atomic mass is 16.5. The van der Waals surface area contributed by atoms with Gasteiger partial charge in [0.15, 0.2) is 0 Å². The Morgan fingerprint density at radius 2 is 1.87 bits per heavy atom. The molecular weight excluding hydrogens is 660 g/mol. The molecule has 3 saturated heterocycles. The number of fused-ring (bicyclic) bond motifs is 4. The van der Waals surface area contributed by atoms with Crippen LogP contribution in [0.2, 0.25) is 0 Å². The molecule has 2 bridgehead atoms. The number of pyridine rings is 2. The lowest BCUT2D eigenvalue weighted by Crippen LogP contribution is -2.53. The molecule has 0 unspecified atom stereocenters. The van der Waals surface area contributed by atoms with Crippen LogP contribution in [0.1, 0.15) is 90.2 Å². The summed E-state index contributed by atoms with van der Waals surface area (Å²) in [4.78, 5) is 47.8. The molecule has 2 aromatic carbocycles. The SMILES string of the molecule is O=C(OCCCc1cccc(C2(C(=O)O[C@H]3CN4CCC3CC4)CCCCC2)c1)c1ccc(CNC[C@@H](O)c2ccc(O)c3[nH]c(=O)ccc23)nc1. The average Bonchev–Trinajstić information content (AvgIpc) is 3.18. The number of phenolic OH excluding ortho intramolecular Hbond substituents is 1. The molecule has 274 valence electrons. The van der Waals surface area contributed by atoms with Crippen molar-refractivity contribution in [3.05, 3.63) is 105 Å². The fraction of sp³-hybridized carbons (Fsp3) is 0.463. The second kappa shape index (κ2) is 16.0. The molecule has 4 aliphatic rings. The molecular formula is C41H48N4O7. The van der Waals surface area contributed by atoms with Crippen LogP contribution in [0.5, 0.6) is 5.75 Å². The van der Waals surface area contributed by atoms with Crippen molar-refractivity contribution >= 4 is 22.8 Å². The summed E-state index contributed by atoms with van der Waals surface area (Å²) in [7, 11) is 0. The van der Waals surface area contributed by atoms with Gasteiger partial charge in [-0.3, -0.25) is 19.5 Å². The normalized spacial score (nSPS) is 21.4. The minimum Gasteiger partial charge on any atom is -0.506 e. The molecule has 3 aliphatic heterocycles. The van der Waals surface area contributed by atoms with Crippen molar-refractivity contribution in [2.24, 2.45) is 5.92 Å². The van der Waals surface area contributed by atoms with Crippen molar-refractivity contribution in [2.45, 2.75) is 82.0 Å². The number of carbonyl (C=O) groups is 2. The van der Waals surface area contributed by atoms with Crippen LogP contribution in [0.3, 0.4) is 0 Å². The summed E-state index contributed by atoms with van der Waals surface area (Å²) >= 11 is 0. The van der Waals surface area contributed by atoms with Gasteiger partial charge >= 0.3 is 11.9 Å². The first kappa shape index (κ1) is 35.8. The number of benzene rings is 2. The molecule has 2 aromatic heterocycles. The number of H-pyrrole nitrogens is 1. The van der Waals surface area contributed by atoms with E-state index in [4.69, 9.17) is 9.47 Å². The molecule has 11 nitrogen and oxygen atoms in total. The summed E-state index contributed by atoms with van der Waals surface area (Å²) in [6, 6.07) is 17.8. The number of ether oxygens (including phenoxy) is 2. The molecule has 1 aliphatic carbocycles. The highest BCUT2D eigenvalue weighted by Gasteiger charge is 2.46. The van der Waals surface area contributed by atoms with Crippen LogP contribution in [0, 0.1) is 5.92 Å². The second-order valence-electron chi connectivity index (χ2n) is 14.6. The van der Waals surface area contributed by atoms with Crippen molar-refractivity contribution in [3.8, 4) is 5.75 Å². The smallest absolute Gasteiger partial charge is 0.339 e. The van der Waals surface area contributed by atoms with E-state index >= 15 is 0 Å². The van der Waals surface area contributed by atoms with Gasteiger partial charge in [-0.1, -0.05) is 49.6 Å². The number of hydrogen-bond acceptors (Lipinski definition) is 10. The number of aromatic hydroxyl groups is 1. The van der Waals surface area contributed by atoms with Crippen LogP contribution >= 0.6 is 0 Å². The minimum absolute atomic E-state index is 0.00301. The first-order chi connectivity index (χ1) is 25.3. The van der Waals surface area contributed by atoms with Gasteiger partial charge in [0.25, 0.3) is 0 Å². The van der Waals surface area contributed by atoms with Gasteiger partial charge < -0.3 is 30.0 Å². The lowest BCUT2D eigenvalue weighted by molar-refractivity contribution is -0.167. The summed E-state index contributed by atoms with van der Waals surface area (Å²) < 4.78 is 11.9. The molecule has 0 amide bonds. The number of aryl methyl sites for hydroxylation is 1. The molecule has 52 heavy (non-hydrogen) atoms. The van der Waals surface area contributed by atoms with Gasteiger partial charge in [-0.05, 0) is 98.5 Å². The number of nitrogens with zero attached hydrogens (tertiary/aromatic N) is 2. The number of phenols is 1. The van der Waals surface area contributed by atoms with E-state index in [9.17, 15) is 24.6 Å². The van der Waals surface area contributed by atoms with Crippen LogP contribution in [-0.4, -0.2) is 75.9 Å². The number of hydrogen-bond donors (Lipinski definition) is 4. The van der Waals surface area contributed by atoms with E-state index < -0.39 is 17.5 Å². The Balaban J connectivity index is 0.878. The minimum atomic E-state index is -0.893. The largest absolute Gasteiger partial charge is 0.506 e. The molecule has 0 radical (unpaired) electrons. The molecule has 2 atom stereocenters. The maximum Gasteiger partial charge on any atom is 0.339 e. The molecule has 4 aromatic rings. The lowest BCUT2D eigenvalue weighted by atomic mass is 9.69. The molecule has 4 N–H and O–H groups in total. The summed E-state index contributed by atoms with van der Waals surface area (Å²) in [6.07, 6.45) is 9.03. The van der Waals surface area contributed by atoms with Gasteiger partial charge in [0.1, 0.15) is 11.9 Å². The monoisotopic (exact) mass is 708 g/mol. The predicted octanol–water partition coefficient (Wildman–Crippen LogP) is 5.08. The van der Waals surface area contributed by atoms with Gasteiger partial charge in [-0.2, -0.15) is 0 Å². The van der Waals surface area contributed by atoms with Gasteiger partial charge in [-0.15, -0.1) is 0 Å². The van der Waals surface area contributed by atoms with Crippen molar-refractivity contribution in [1.29, 1.82) is 0 Å². The third kappa shape index (κ3) is 7.91. The molecule has 4 fully saturated rings. The molecule has 8 rings (SSSR count). The van der Waals surface area contributed by atoms with Crippen LogP contribution in [-0.2, 0) is 32.6 Å². The maximum atomic E-state index is 13.9. The highest BCUT2D eigenvalue weighted by Crippen LogP contribution is 2.42. The number of piperidine rings is 3. The molecule has 1 saturated carbocycles. The van der Waals surface area contributed by atoms with Crippen molar-refractivity contribution < 1.29 is 29.3 Å². The van der Waals surface area contributed by atoms with Gasteiger partial charge in [0, 0.05) is 37.3 Å². The first-order valence-electron chi connectivity index (χ1n) is 18.7. The number of aliphatic hydroxyl groups excluding tert-OH is 1. The number of esters is 2. The quantitative estimate of drug-likeness (QED) is 0.109. The van der Waals surface area contributed by atoms with Crippen LogP contribution in [0.25, 0.3) is 10.9 Å². The zero-order valence-electron chi connectivity index (χ0n) is 29.5. The fourth-order valence-corrected chi connectivity index (χ4v) is 8.26. The third-order valence-corrected chi connectivity index (χ3v) is 11.2. The number of aliphatic hydroxyl groups is 1. The van der Waals surface area contributed by atoms with Crippen LogP contribution < -0.4 is 10.9 Å². The summed E-state index contributed by atoms with van der Waals surface area (Å²) in [6.45, 7) is 3.92. The van der Waals surface area contributed by atoms with E-state index in [1.165, 1.54) is 18.3 Å². The van der Waals surface area contributed by atoms with Crippen molar-refractivity contribution in [2.75, 3.05) is 32.8 Å². The summed E-state index contributed by atoms with van der Waals surface area (Å²) in [5.41, 5.74) is 3.14. The summed E-state index contributed by atoms with van der Waals surface area (Å²) in [5.74, 6) is -0.0697. The molecule has 11 heteroatoms. The Hall–Kier alpha value is -4.58. The molecule has 0 spiro atoms. The first-order valence-corrected chi connectivity index (χ1v) is 18.7. The molecule has 5 heterocycles. The van der Waals surface area contributed by atoms with Crippen LogP contribution in [0.15, 0.2) is 71.7 Å². The van der Waals surface area contributed by atoms with E-state index in [1.807, 2.05) is 6.07 Å². The zero-order valence-corrected chi connectivity index (χ0v) is 29.5. The average molecular weight is 709 g/mol. The van der Waals surface area contributed by atoms with Crippen molar-refractivity contribution in [3.63, 3.8) is 0 Å². The Labute approximate surface area is 303 Å². The van der Waals surface area contributed by atoms with E-state index in [0.717, 1.165) is 82.1 Å². The van der Waals surface area contributed by atoms with Gasteiger partial charge in [0.2, 0.25) is 5.56 Å². The van der Waals surface area contributed by atoms with Crippen LogP contribution in [0.4, 0.5) is 0 Å². The Kier molecular flexibility index (Phi) is 11.0. The number of carbonyl (C=O) groups excluding carboxylic acids is 2. The Morgan fingerprint density at radius 1 is 1.04 bits per heavy atom. The number of rotatable bonds is 13. The number of aromatic amines is 1. The lowest BCUT2D eigenvalue weighted by Gasteiger charge is -2.45. The Bertz CT molecular complexity index is 1930. The third-order valence-electron chi connectivity index (χ3n) is 11.2. The fourth-order valence-electron chi connectivity index (χ4n) is 8.26. The summed E-state index contributed by atoms with van der Waals surface area (Å²) in [5, 5.41) is 24.6. The highest BCUT2D eigenvalue weighted by molar-refractivity contribution is 5.89. The van der Waals surface area contributed by atoms with Gasteiger partial charge in [0.05, 0.1) is 34.9 Å². The van der Waals surface area contributed by atoms with E-state index in [-0.39, 0.29) is 42.1 Å². The number of aromatic nitrogens is 2. The standard InChI is InChI=1S/C41H48N4O7/c46-34-13-11-32(33-12-14-37(48)44-38(33)34)35(47)25-42-24-31-10-9-29(23-43-31)39(49)51-21-5-7-27-6-4-8-30(22-27)41(17-2-1-3-18-41)40(50)52-36-26-45-19-15-28(36)16-20-45/h4,6,8-14,22-23,28,35-36,42,46-47H,1-3,5,7,15-21,24-26H2,(H,44,48)/t35-,36+/m1/s1. The predicted molar refractivity (Wildman–Crippen MR) is 196 cm³/mol. The Morgan fingerprint density at radius 3 is 2.62 bits per heavy atom. The van der Waals surface area contributed by atoms with Gasteiger partial charge in [-0.25, -0.2) is 4.79 Å². The number of nitrogens with one attached hydrogen (secondary N) is 2. The second-order valence-corrected chi connectivity index (χ2v) is 14.6.